The molecule has 0 radical (unpaired) electrons. The predicted octanol–water partition coefficient (Wildman–Crippen LogP) is 4.56. The summed E-state index contributed by atoms with van der Waals surface area (Å²) in [6, 6.07) is 26.4. The number of sulfonamides is 1. The van der Waals surface area contributed by atoms with E-state index in [4.69, 9.17) is 0 Å². The first-order valence-electron chi connectivity index (χ1n) is 12.0. The van der Waals surface area contributed by atoms with Gasteiger partial charge in [-0.3, -0.25) is 4.79 Å². The van der Waals surface area contributed by atoms with Gasteiger partial charge in [-0.2, -0.15) is 4.31 Å². The third-order valence-electron chi connectivity index (χ3n) is 6.81. The van der Waals surface area contributed by atoms with E-state index in [9.17, 15) is 13.2 Å². The number of amides is 1. The van der Waals surface area contributed by atoms with Gasteiger partial charge in [0.25, 0.3) is 0 Å². The first kappa shape index (κ1) is 25.1. The average Bonchev–Trinajstić information content (AvgIpc) is 2.88. The third kappa shape index (κ3) is 6.17. The largest absolute Gasteiger partial charge is 0.326 e. The van der Waals surface area contributed by atoms with E-state index in [1.54, 1.807) is 31.3 Å². The van der Waals surface area contributed by atoms with Crippen molar-refractivity contribution >= 4 is 21.6 Å². The molecule has 0 aromatic heterocycles. The number of piperidine rings is 1. The Hall–Kier alpha value is -3.00. The second kappa shape index (κ2) is 11.2. The Bertz CT molecular complexity index is 1170. The van der Waals surface area contributed by atoms with Crippen molar-refractivity contribution < 1.29 is 13.2 Å². The molecule has 0 atom stereocenters. The summed E-state index contributed by atoms with van der Waals surface area (Å²) in [6.07, 6.45) is 1.93. The van der Waals surface area contributed by atoms with Crippen molar-refractivity contribution in [2.75, 3.05) is 32.5 Å². The van der Waals surface area contributed by atoms with Crippen LogP contribution in [0.1, 0.15) is 36.3 Å². The highest BCUT2D eigenvalue weighted by Crippen LogP contribution is 2.29. The fraction of sp³-hybridized carbons (Fsp3) is 0.321. The van der Waals surface area contributed by atoms with Crippen LogP contribution in [0.4, 0.5) is 5.69 Å². The van der Waals surface area contributed by atoms with Gasteiger partial charge >= 0.3 is 0 Å². The number of hydrogen-bond donors (Lipinski definition) is 1. The lowest BCUT2D eigenvalue weighted by Gasteiger charge is -2.34. The molecule has 7 heteroatoms. The molecule has 0 spiro atoms. The SMILES string of the molecule is CN1CCC(N(C)S(=O)(=O)c2ccc(NC(=O)CC(c3ccccc3)c3ccccc3)cc2)CC1. The highest BCUT2D eigenvalue weighted by Gasteiger charge is 2.30. The first-order valence-corrected chi connectivity index (χ1v) is 13.4. The topological polar surface area (TPSA) is 69.7 Å². The number of rotatable bonds is 8. The summed E-state index contributed by atoms with van der Waals surface area (Å²) in [4.78, 5) is 15.4. The van der Waals surface area contributed by atoms with Crippen molar-refractivity contribution in [2.24, 2.45) is 0 Å². The standard InChI is InChI=1S/C28H33N3O3S/c1-30-19-17-25(18-20-30)31(2)35(33,34)26-15-13-24(14-16-26)29-28(32)21-27(22-9-5-3-6-10-22)23-11-7-4-8-12-23/h3-16,25,27H,17-21H2,1-2H3,(H,29,32). The number of carbonyl (C=O) groups excluding carboxylic acids is 1. The molecule has 0 saturated carbocycles. The Morgan fingerprint density at radius 1 is 0.914 bits per heavy atom. The molecular formula is C28H33N3O3S. The first-order chi connectivity index (χ1) is 16.8. The lowest BCUT2D eigenvalue weighted by Crippen LogP contribution is -2.44. The molecule has 1 fully saturated rings. The molecule has 0 bridgehead atoms. The number of likely N-dealkylation sites (tertiary alicyclic amines) is 1. The van der Waals surface area contributed by atoms with Crippen LogP contribution in [0.25, 0.3) is 0 Å². The quantitative estimate of drug-likeness (QED) is 0.502. The molecule has 1 N–H and O–H groups in total. The molecule has 184 valence electrons. The van der Waals surface area contributed by atoms with E-state index in [1.165, 1.54) is 4.31 Å². The van der Waals surface area contributed by atoms with Gasteiger partial charge in [-0.15, -0.1) is 0 Å². The lowest BCUT2D eigenvalue weighted by molar-refractivity contribution is -0.116. The van der Waals surface area contributed by atoms with E-state index in [0.29, 0.717) is 5.69 Å². The average molecular weight is 492 g/mol. The minimum Gasteiger partial charge on any atom is -0.326 e. The molecule has 3 aromatic carbocycles. The van der Waals surface area contributed by atoms with Gasteiger partial charge in [0.1, 0.15) is 0 Å². The number of anilines is 1. The molecule has 4 rings (SSSR count). The minimum absolute atomic E-state index is 0.00323. The number of nitrogens with zero attached hydrogens (tertiary/aromatic N) is 2. The van der Waals surface area contributed by atoms with Crippen LogP contribution in [0.2, 0.25) is 0 Å². The van der Waals surface area contributed by atoms with Crippen molar-refractivity contribution in [1.82, 2.24) is 9.21 Å². The predicted molar refractivity (Wildman–Crippen MR) is 140 cm³/mol. The molecular weight excluding hydrogens is 458 g/mol. The van der Waals surface area contributed by atoms with Gasteiger partial charge in [0.05, 0.1) is 4.90 Å². The van der Waals surface area contributed by atoms with Crippen molar-refractivity contribution in [1.29, 1.82) is 0 Å². The fourth-order valence-electron chi connectivity index (χ4n) is 4.63. The van der Waals surface area contributed by atoms with E-state index in [-0.39, 0.29) is 29.2 Å². The number of hydrogen-bond acceptors (Lipinski definition) is 4. The van der Waals surface area contributed by atoms with E-state index in [0.717, 1.165) is 37.1 Å². The van der Waals surface area contributed by atoms with Gasteiger partial charge in [0.2, 0.25) is 15.9 Å². The highest BCUT2D eigenvalue weighted by molar-refractivity contribution is 7.89. The summed E-state index contributed by atoms with van der Waals surface area (Å²) in [5.41, 5.74) is 2.73. The Balaban J connectivity index is 1.43. The fourth-order valence-corrected chi connectivity index (χ4v) is 6.04. The second-order valence-electron chi connectivity index (χ2n) is 9.21. The van der Waals surface area contributed by atoms with Crippen molar-refractivity contribution in [3.05, 3.63) is 96.1 Å². The Labute approximate surface area is 208 Å². The van der Waals surface area contributed by atoms with Crippen LogP contribution in [-0.4, -0.2) is 56.8 Å². The van der Waals surface area contributed by atoms with Crippen LogP contribution < -0.4 is 5.32 Å². The highest BCUT2D eigenvalue weighted by atomic mass is 32.2. The monoisotopic (exact) mass is 491 g/mol. The third-order valence-corrected chi connectivity index (χ3v) is 8.74. The lowest BCUT2D eigenvalue weighted by atomic mass is 9.88. The summed E-state index contributed by atoms with van der Waals surface area (Å²) in [6.45, 7) is 1.78. The van der Waals surface area contributed by atoms with Gasteiger partial charge in [-0.25, -0.2) is 8.42 Å². The van der Waals surface area contributed by atoms with Crippen LogP contribution in [-0.2, 0) is 14.8 Å². The normalized spacial score (nSPS) is 15.4. The molecule has 1 saturated heterocycles. The zero-order valence-electron chi connectivity index (χ0n) is 20.3. The Kier molecular flexibility index (Phi) is 8.00. The van der Waals surface area contributed by atoms with Crippen molar-refractivity contribution in [3.8, 4) is 0 Å². The van der Waals surface area contributed by atoms with E-state index in [2.05, 4.69) is 17.3 Å². The van der Waals surface area contributed by atoms with Crippen molar-refractivity contribution in [3.63, 3.8) is 0 Å². The van der Waals surface area contributed by atoms with Crippen molar-refractivity contribution in [2.45, 2.75) is 36.1 Å². The maximum Gasteiger partial charge on any atom is 0.243 e. The minimum atomic E-state index is -3.59. The van der Waals surface area contributed by atoms with Gasteiger partial charge in [0, 0.05) is 31.1 Å². The summed E-state index contributed by atoms with van der Waals surface area (Å²) in [7, 11) is 0.126. The van der Waals surface area contributed by atoms with Crippen LogP contribution in [0, 0.1) is 0 Å². The van der Waals surface area contributed by atoms with E-state index < -0.39 is 10.0 Å². The Morgan fingerprint density at radius 3 is 1.94 bits per heavy atom. The van der Waals surface area contributed by atoms with Gasteiger partial charge < -0.3 is 10.2 Å². The smallest absolute Gasteiger partial charge is 0.243 e. The number of carbonyl (C=O) groups is 1. The molecule has 1 aliphatic rings. The summed E-state index contributed by atoms with van der Waals surface area (Å²) >= 11 is 0. The molecule has 6 nitrogen and oxygen atoms in total. The molecule has 0 unspecified atom stereocenters. The van der Waals surface area contributed by atoms with E-state index >= 15 is 0 Å². The van der Waals surface area contributed by atoms with Crippen LogP contribution in [0.3, 0.4) is 0 Å². The molecule has 3 aromatic rings. The molecule has 1 aliphatic heterocycles. The number of benzene rings is 3. The second-order valence-corrected chi connectivity index (χ2v) is 11.2. The van der Waals surface area contributed by atoms with Gasteiger partial charge in [0.15, 0.2) is 0 Å². The van der Waals surface area contributed by atoms with Crippen LogP contribution in [0.5, 0.6) is 0 Å². The Morgan fingerprint density at radius 2 is 1.43 bits per heavy atom. The zero-order valence-corrected chi connectivity index (χ0v) is 21.1. The maximum atomic E-state index is 13.1. The zero-order chi connectivity index (χ0) is 24.8. The van der Waals surface area contributed by atoms with Crippen LogP contribution >= 0.6 is 0 Å². The number of nitrogens with one attached hydrogen (secondary N) is 1. The van der Waals surface area contributed by atoms with Crippen LogP contribution in [0.15, 0.2) is 89.8 Å². The summed E-state index contributed by atoms with van der Waals surface area (Å²) in [5.74, 6) is -0.193. The molecule has 0 aliphatic carbocycles. The molecule has 35 heavy (non-hydrogen) atoms. The van der Waals surface area contributed by atoms with E-state index in [1.807, 2.05) is 60.7 Å². The summed E-state index contributed by atoms with van der Waals surface area (Å²) < 4.78 is 27.8. The summed E-state index contributed by atoms with van der Waals surface area (Å²) in [5, 5.41) is 2.94. The molecule has 1 amide bonds. The maximum absolute atomic E-state index is 13.1. The van der Waals surface area contributed by atoms with Gasteiger partial charge in [-0.05, 0) is 68.4 Å². The molecule has 1 heterocycles. The van der Waals surface area contributed by atoms with Gasteiger partial charge in [-0.1, -0.05) is 60.7 Å².